The zero-order chi connectivity index (χ0) is 19.9. The molecule has 150 valence electrons. The second-order valence-corrected chi connectivity index (χ2v) is 9.90. The highest BCUT2D eigenvalue weighted by molar-refractivity contribution is 7.89. The molecule has 1 aliphatic carbocycles. The van der Waals surface area contributed by atoms with Gasteiger partial charge in [0.05, 0.1) is 15.6 Å². The van der Waals surface area contributed by atoms with Gasteiger partial charge in [-0.15, -0.1) is 10.2 Å². The highest BCUT2D eigenvalue weighted by Crippen LogP contribution is 2.33. The first-order valence-corrected chi connectivity index (χ1v) is 11.1. The Morgan fingerprint density at radius 2 is 2.04 bits per heavy atom. The van der Waals surface area contributed by atoms with Gasteiger partial charge in [-0.05, 0) is 42.9 Å². The van der Waals surface area contributed by atoms with Crippen molar-refractivity contribution in [2.45, 2.75) is 37.6 Å². The molecule has 1 saturated heterocycles. The predicted octanol–water partition coefficient (Wildman–Crippen LogP) is 2.16. The number of anilines is 1. The molecule has 0 spiro atoms. The van der Waals surface area contributed by atoms with E-state index in [0.717, 1.165) is 24.7 Å². The maximum atomic E-state index is 12.8. The summed E-state index contributed by atoms with van der Waals surface area (Å²) in [6, 6.07) is 4.35. The van der Waals surface area contributed by atoms with E-state index in [4.69, 9.17) is 11.6 Å². The molecular formula is C18H22ClN5O3S. The molecule has 1 amide bonds. The minimum Gasteiger partial charge on any atom is -0.325 e. The fraction of sp³-hybridized carbons (Fsp3) is 0.500. The number of nitrogens with zero attached hydrogens (tertiary/aromatic N) is 4. The summed E-state index contributed by atoms with van der Waals surface area (Å²) in [6.45, 7) is 3.22. The van der Waals surface area contributed by atoms with Gasteiger partial charge in [-0.3, -0.25) is 4.79 Å². The van der Waals surface area contributed by atoms with E-state index in [0.29, 0.717) is 18.8 Å². The standard InChI is InChI=1S/C18H22ClN5O3S/c1-12(25)21-17-5-4-15(7-16(17)19)28(26,27)24-9-14(10-24)6-18-22-20-11-23(18)8-13-2-3-13/h4-5,7,11,13-14H,2-3,6,8-10H2,1H3,(H,21,25). The largest absolute Gasteiger partial charge is 0.325 e. The van der Waals surface area contributed by atoms with Crippen LogP contribution in [-0.2, 0) is 27.8 Å². The van der Waals surface area contributed by atoms with Crippen molar-refractivity contribution in [2.75, 3.05) is 18.4 Å². The summed E-state index contributed by atoms with van der Waals surface area (Å²) in [4.78, 5) is 11.3. The Kier molecular flexibility index (Phi) is 5.15. The van der Waals surface area contributed by atoms with Crippen LogP contribution in [0.15, 0.2) is 29.4 Å². The van der Waals surface area contributed by atoms with E-state index in [1.807, 2.05) is 0 Å². The van der Waals surface area contributed by atoms with Crippen molar-refractivity contribution in [2.24, 2.45) is 11.8 Å². The summed E-state index contributed by atoms with van der Waals surface area (Å²) >= 11 is 6.12. The molecule has 8 nitrogen and oxygen atoms in total. The number of amides is 1. The van der Waals surface area contributed by atoms with Crippen molar-refractivity contribution >= 4 is 33.2 Å². The Balaban J connectivity index is 1.38. The average molecular weight is 424 g/mol. The van der Waals surface area contributed by atoms with Gasteiger partial charge in [-0.2, -0.15) is 4.31 Å². The second-order valence-electron chi connectivity index (χ2n) is 7.56. The quantitative estimate of drug-likeness (QED) is 0.736. The van der Waals surface area contributed by atoms with E-state index in [2.05, 4.69) is 20.1 Å². The lowest BCUT2D eigenvalue weighted by atomic mass is 9.99. The summed E-state index contributed by atoms with van der Waals surface area (Å²) in [5, 5.41) is 11.0. The Hall–Kier alpha value is -1.97. The third kappa shape index (κ3) is 4.06. The number of halogens is 1. The molecule has 2 aromatic rings. The first kappa shape index (κ1) is 19.4. The minimum absolute atomic E-state index is 0.127. The van der Waals surface area contributed by atoms with Gasteiger partial charge in [-0.1, -0.05) is 11.6 Å². The second kappa shape index (κ2) is 7.46. The van der Waals surface area contributed by atoms with Gasteiger partial charge in [-0.25, -0.2) is 8.42 Å². The lowest BCUT2D eigenvalue weighted by molar-refractivity contribution is -0.114. The molecular weight excluding hydrogens is 402 g/mol. The van der Waals surface area contributed by atoms with Crippen molar-refractivity contribution < 1.29 is 13.2 Å². The molecule has 1 N–H and O–H groups in total. The Morgan fingerprint density at radius 3 is 2.68 bits per heavy atom. The van der Waals surface area contributed by atoms with E-state index in [-0.39, 0.29) is 21.7 Å². The smallest absolute Gasteiger partial charge is 0.243 e. The molecule has 1 aromatic carbocycles. The van der Waals surface area contributed by atoms with Crippen LogP contribution >= 0.6 is 11.6 Å². The number of hydrogen-bond donors (Lipinski definition) is 1. The van der Waals surface area contributed by atoms with Gasteiger partial charge in [0.15, 0.2) is 0 Å². The molecule has 2 heterocycles. The number of rotatable bonds is 7. The summed E-state index contributed by atoms with van der Waals surface area (Å²) in [5.41, 5.74) is 0.393. The van der Waals surface area contributed by atoms with Gasteiger partial charge < -0.3 is 9.88 Å². The van der Waals surface area contributed by atoms with Crippen molar-refractivity contribution in [1.82, 2.24) is 19.1 Å². The molecule has 2 aliphatic rings. The van der Waals surface area contributed by atoms with Gasteiger partial charge in [0, 0.05) is 33.0 Å². The first-order chi connectivity index (χ1) is 13.3. The predicted molar refractivity (Wildman–Crippen MR) is 104 cm³/mol. The van der Waals surface area contributed by atoms with Crippen molar-refractivity contribution in [3.8, 4) is 0 Å². The number of hydrogen-bond acceptors (Lipinski definition) is 5. The van der Waals surface area contributed by atoms with Crippen LogP contribution in [0.3, 0.4) is 0 Å². The Morgan fingerprint density at radius 1 is 1.29 bits per heavy atom. The number of carbonyl (C=O) groups excluding carboxylic acids is 1. The van der Waals surface area contributed by atoms with Gasteiger partial charge in [0.1, 0.15) is 12.2 Å². The molecule has 28 heavy (non-hydrogen) atoms. The normalized spacial score (nSPS) is 18.1. The highest BCUT2D eigenvalue weighted by Gasteiger charge is 2.37. The molecule has 0 atom stereocenters. The van der Waals surface area contributed by atoms with Crippen LogP contribution in [0.4, 0.5) is 5.69 Å². The Labute approximate surface area is 168 Å². The maximum Gasteiger partial charge on any atom is 0.243 e. The zero-order valence-corrected chi connectivity index (χ0v) is 17.1. The molecule has 1 aliphatic heterocycles. The van der Waals surface area contributed by atoms with Crippen molar-refractivity contribution in [1.29, 1.82) is 0 Å². The molecule has 1 saturated carbocycles. The number of aromatic nitrogens is 3. The summed E-state index contributed by atoms with van der Waals surface area (Å²) in [6.07, 6.45) is 5.01. The van der Waals surface area contributed by atoms with E-state index >= 15 is 0 Å². The van der Waals surface area contributed by atoms with Crippen LogP contribution in [0.5, 0.6) is 0 Å². The van der Waals surface area contributed by atoms with Crippen LogP contribution in [0.2, 0.25) is 5.02 Å². The molecule has 1 aromatic heterocycles. The van der Waals surface area contributed by atoms with E-state index < -0.39 is 10.0 Å². The number of sulfonamides is 1. The highest BCUT2D eigenvalue weighted by atomic mass is 35.5. The summed E-state index contributed by atoms with van der Waals surface area (Å²) < 4.78 is 29.2. The van der Waals surface area contributed by atoms with Crippen LogP contribution in [-0.4, -0.2) is 46.5 Å². The van der Waals surface area contributed by atoms with Crippen LogP contribution in [0, 0.1) is 11.8 Å². The number of benzene rings is 1. The monoisotopic (exact) mass is 423 g/mol. The molecule has 4 rings (SSSR count). The van der Waals surface area contributed by atoms with Gasteiger partial charge >= 0.3 is 0 Å². The van der Waals surface area contributed by atoms with Crippen LogP contribution < -0.4 is 5.32 Å². The van der Waals surface area contributed by atoms with Crippen molar-refractivity contribution in [3.05, 3.63) is 35.4 Å². The number of nitrogens with one attached hydrogen (secondary N) is 1. The Bertz CT molecular complexity index is 996. The first-order valence-electron chi connectivity index (χ1n) is 9.27. The van der Waals surface area contributed by atoms with Crippen LogP contribution in [0.25, 0.3) is 0 Å². The maximum absolute atomic E-state index is 12.8. The summed E-state index contributed by atoms with van der Waals surface area (Å²) in [7, 11) is -3.61. The molecule has 0 radical (unpaired) electrons. The fourth-order valence-electron chi connectivity index (χ4n) is 3.37. The zero-order valence-electron chi connectivity index (χ0n) is 15.5. The molecule has 0 bridgehead atoms. The SMILES string of the molecule is CC(=O)Nc1ccc(S(=O)(=O)N2CC(Cc3nncn3CC3CC3)C2)cc1Cl. The molecule has 2 fully saturated rings. The van der Waals surface area contributed by atoms with E-state index in [1.54, 1.807) is 6.33 Å². The topological polar surface area (TPSA) is 97.2 Å². The third-order valence-corrected chi connectivity index (χ3v) is 7.27. The fourth-order valence-corrected chi connectivity index (χ4v) is 5.28. The van der Waals surface area contributed by atoms with E-state index in [1.165, 1.54) is 42.3 Å². The van der Waals surface area contributed by atoms with Gasteiger partial charge in [0.2, 0.25) is 15.9 Å². The van der Waals surface area contributed by atoms with E-state index in [9.17, 15) is 13.2 Å². The van der Waals surface area contributed by atoms with Gasteiger partial charge in [0.25, 0.3) is 0 Å². The summed E-state index contributed by atoms with van der Waals surface area (Å²) in [5.74, 6) is 1.62. The van der Waals surface area contributed by atoms with Crippen molar-refractivity contribution in [3.63, 3.8) is 0 Å². The third-order valence-electron chi connectivity index (χ3n) is 5.13. The average Bonchev–Trinajstić information content (AvgIpc) is 3.29. The minimum atomic E-state index is -3.61. The number of carbonyl (C=O) groups is 1. The molecule has 10 heteroatoms. The lowest BCUT2D eigenvalue weighted by Crippen LogP contribution is -2.50. The van der Waals surface area contributed by atoms with Crippen LogP contribution in [0.1, 0.15) is 25.6 Å². The molecule has 0 unspecified atom stereocenters. The lowest BCUT2D eigenvalue weighted by Gasteiger charge is -2.38.